The van der Waals surface area contributed by atoms with Gasteiger partial charge in [-0.3, -0.25) is 4.98 Å². The Labute approximate surface area is 421 Å². The summed E-state index contributed by atoms with van der Waals surface area (Å²) in [5.41, 5.74) is 13.4. The second-order valence-corrected chi connectivity index (χ2v) is 29.4. The average Bonchev–Trinajstić information content (AvgIpc) is 3.95. The first-order valence-electron chi connectivity index (χ1n) is 23.9. The van der Waals surface area contributed by atoms with Crippen LogP contribution in [0.15, 0.2) is 205 Å². The zero-order chi connectivity index (χ0) is 47.3. The van der Waals surface area contributed by atoms with Crippen molar-refractivity contribution in [3.8, 4) is 39.5 Å². The van der Waals surface area contributed by atoms with Gasteiger partial charge in [0, 0.05) is 41.8 Å². The number of pyridine rings is 1. The average molecular weight is 1130 g/mol. The van der Waals surface area contributed by atoms with E-state index in [1.165, 1.54) is 20.9 Å². The summed E-state index contributed by atoms with van der Waals surface area (Å²) in [7, 11) is 0. The number of nitrogens with zero attached hydrogens (tertiary/aromatic N) is 3. The third-order valence-electron chi connectivity index (χ3n) is 13.0. The maximum atomic E-state index is 8.44. The third kappa shape index (κ3) is 8.88. The zero-order valence-electron chi connectivity index (χ0n) is 40.3. The Morgan fingerprint density at radius 2 is 1.33 bits per heavy atom. The number of hydrogen-bond donors (Lipinski definition) is 0. The molecule has 3 heterocycles. The topological polar surface area (TPSA) is 43.9 Å². The fraction of sp³-hybridized carbons (Fsp3) is 0.111. The van der Waals surface area contributed by atoms with Gasteiger partial charge < -0.3 is 8.98 Å². The van der Waals surface area contributed by atoms with Gasteiger partial charge in [-0.2, -0.15) is 0 Å². The Balaban J connectivity index is 0.000000229. The summed E-state index contributed by atoms with van der Waals surface area (Å²) in [6, 6.07) is 74.6. The molecule has 0 amide bonds. The molecule has 0 aliphatic carbocycles. The molecule has 9 aromatic carbocycles. The second-order valence-electron chi connectivity index (χ2n) is 18.8. The molecule has 339 valence electrons. The third-order valence-corrected chi connectivity index (χ3v) is 17.2. The first kappa shape index (κ1) is 44.6. The van der Waals surface area contributed by atoms with Crippen LogP contribution in [0.2, 0.25) is 17.3 Å². The van der Waals surface area contributed by atoms with Crippen LogP contribution in [0.1, 0.15) is 37.8 Å². The van der Waals surface area contributed by atoms with Gasteiger partial charge in [0.25, 0.3) is 0 Å². The smallest absolute Gasteiger partial charge is 0.121 e. The predicted octanol–water partition coefficient (Wildman–Crippen LogP) is 16.2. The summed E-state index contributed by atoms with van der Waals surface area (Å²) in [4.78, 5) is 10.1. The van der Waals surface area contributed by atoms with E-state index in [1.54, 1.807) is 0 Å². The van der Waals surface area contributed by atoms with Crippen molar-refractivity contribution in [3.05, 3.63) is 229 Å². The van der Waals surface area contributed by atoms with Crippen molar-refractivity contribution in [2.24, 2.45) is 0 Å². The number of benzene rings is 9. The van der Waals surface area contributed by atoms with Crippen LogP contribution in [0.5, 0.6) is 0 Å². The van der Waals surface area contributed by atoms with Crippen LogP contribution in [0, 0.1) is 12.1 Å². The maximum absolute atomic E-state index is 8.44. The summed E-state index contributed by atoms with van der Waals surface area (Å²) >= 11 is -2.03. The van der Waals surface area contributed by atoms with Crippen molar-refractivity contribution < 1.29 is 25.9 Å². The Hall–Kier alpha value is -6.89. The van der Waals surface area contributed by atoms with Gasteiger partial charge in [-0.05, 0) is 46.0 Å². The number of aromatic nitrogens is 3. The molecule has 3 aromatic heterocycles. The van der Waals surface area contributed by atoms with Gasteiger partial charge in [0.1, 0.15) is 5.58 Å². The number of furan rings is 1. The van der Waals surface area contributed by atoms with Crippen molar-refractivity contribution in [3.63, 3.8) is 0 Å². The minimum absolute atomic E-state index is 0. The standard InChI is InChI=1S/C46H29N2O.C17H22GeN.Ir/c1-3-12-30(13-4-1)28-31-22-25-38-39-20-11-21-40(45(39)49-42(38)29-31)46-47-43-35-18-9-7-16-33(35)24-27-41(43)48(46)44-36-19-10-8-17-34(36)23-26-37(44)32-14-5-2-6-15-32;1-13(2)15-11-17(14-9-7-6-8-10-14)19-12-16(15)18(3,4)5;/h1-20,22-27,29H,28H2;6-9,11-13H,1-5H3;/q2*-1;/i;13D;. The minimum Gasteiger partial charge on any atom is -0.501 e. The SMILES string of the molecule is [2H]C(C)(C)c1cc(-c2[c-]cccc2)nc[c]1[Ge]([CH3])([CH3])[CH3].[Ir].[c-]1ccc2c(oc3cc(Cc4ccccc4)ccc32)c1-c1nc2c3ccccc3ccc2n1-c1c(-c2ccccc2)ccc2ccccc12. The molecule has 1 radical (unpaired) electrons. The van der Waals surface area contributed by atoms with Crippen LogP contribution in [0.3, 0.4) is 0 Å². The molecule has 0 aliphatic rings. The molecule has 0 saturated heterocycles. The van der Waals surface area contributed by atoms with Crippen LogP contribution in [-0.4, -0.2) is 27.8 Å². The van der Waals surface area contributed by atoms with Crippen LogP contribution >= 0.6 is 0 Å². The summed E-state index contributed by atoms with van der Waals surface area (Å²) in [5.74, 6) is 7.25. The molecular weight excluding hydrogens is 1080 g/mol. The molecule has 12 aromatic rings. The van der Waals surface area contributed by atoms with E-state index in [4.69, 9.17) is 10.8 Å². The van der Waals surface area contributed by atoms with Gasteiger partial charge >= 0.3 is 120 Å². The number of hydrogen-bond acceptors (Lipinski definition) is 3. The van der Waals surface area contributed by atoms with Crippen LogP contribution in [0.4, 0.5) is 0 Å². The second kappa shape index (κ2) is 19.2. The van der Waals surface area contributed by atoms with E-state index in [0.717, 1.165) is 101 Å². The fourth-order valence-corrected chi connectivity index (χ4v) is 12.9. The zero-order valence-corrected chi connectivity index (χ0v) is 43.8. The van der Waals surface area contributed by atoms with E-state index in [2.05, 4.69) is 203 Å². The summed E-state index contributed by atoms with van der Waals surface area (Å²) in [6.07, 6.45) is 2.85. The molecule has 0 unspecified atom stereocenters. The van der Waals surface area contributed by atoms with E-state index in [1.807, 2.05) is 50.4 Å². The molecule has 0 atom stereocenters. The quantitative estimate of drug-likeness (QED) is 0.112. The van der Waals surface area contributed by atoms with E-state index in [0.29, 0.717) is 0 Å². The molecule has 0 fully saturated rings. The van der Waals surface area contributed by atoms with Gasteiger partial charge in [-0.15, -0.1) is 18.2 Å². The van der Waals surface area contributed by atoms with Crippen molar-refractivity contribution >= 4 is 72.2 Å². The molecule has 0 N–H and O–H groups in total. The van der Waals surface area contributed by atoms with Gasteiger partial charge in [-0.25, -0.2) is 0 Å². The summed E-state index contributed by atoms with van der Waals surface area (Å²) in [6.45, 7) is 3.91. The number of imidazole rings is 1. The maximum Gasteiger partial charge on any atom is 0.121 e. The molecule has 0 spiro atoms. The first-order valence-corrected chi connectivity index (χ1v) is 30.7. The Morgan fingerprint density at radius 1 is 0.638 bits per heavy atom. The minimum atomic E-state index is -2.03. The van der Waals surface area contributed by atoms with Crippen molar-refractivity contribution in [1.29, 1.82) is 0 Å². The van der Waals surface area contributed by atoms with E-state index >= 15 is 0 Å². The monoisotopic (exact) mass is 1130 g/mol. The summed E-state index contributed by atoms with van der Waals surface area (Å²) < 4.78 is 18.9. The van der Waals surface area contributed by atoms with E-state index in [9.17, 15) is 0 Å². The Bertz CT molecular complexity index is 3840. The number of fused-ring (bicyclic) bond motifs is 7. The molecule has 4 nitrogen and oxygen atoms in total. The number of rotatable bonds is 8. The summed E-state index contributed by atoms with van der Waals surface area (Å²) in [5, 5.41) is 6.74. The van der Waals surface area contributed by atoms with E-state index < -0.39 is 19.2 Å². The molecule has 0 saturated carbocycles. The van der Waals surface area contributed by atoms with Crippen molar-refractivity contribution in [1.82, 2.24) is 14.5 Å². The predicted molar refractivity (Wildman–Crippen MR) is 288 cm³/mol. The van der Waals surface area contributed by atoms with Gasteiger partial charge in [-0.1, -0.05) is 150 Å². The molecule has 6 heteroatoms. The van der Waals surface area contributed by atoms with E-state index in [-0.39, 0.29) is 20.1 Å². The van der Waals surface area contributed by atoms with Crippen molar-refractivity contribution in [2.75, 3.05) is 0 Å². The van der Waals surface area contributed by atoms with Gasteiger partial charge in [0.2, 0.25) is 0 Å². The first-order chi connectivity index (χ1) is 33.5. The van der Waals surface area contributed by atoms with Crippen LogP contribution in [0.25, 0.3) is 94.0 Å². The Morgan fingerprint density at radius 3 is 2.07 bits per heavy atom. The fourth-order valence-electron chi connectivity index (χ4n) is 9.61. The molecule has 12 rings (SSSR count). The molecule has 69 heavy (non-hydrogen) atoms. The molecule has 0 aliphatic heterocycles. The van der Waals surface area contributed by atoms with Crippen LogP contribution < -0.4 is 4.40 Å². The molecule has 0 bridgehead atoms. The van der Waals surface area contributed by atoms with Gasteiger partial charge in [0.05, 0.1) is 28.1 Å². The largest absolute Gasteiger partial charge is 0.501 e. The molecular formula is C63H51GeIrN3O-2. The van der Waals surface area contributed by atoms with Crippen LogP contribution in [-0.2, 0) is 26.5 Å². The van der Waals surface area contributed by atoms with Crippen molar-refractivity contribution in [2.45, 2.75) is 43.4 Å². The normalized spacial score (nSPS) is 12.0. The van der Waals surface area contributed by atoms with Gasteiger partial charge in [0.15, 0.2) is 0 Å². The Kier molecular flexibility index (Phi) is 12.4.